The van der Waals surface area contributed by atoms with Crippen LogP contribution in [0.1, 0.15) is 11.1 Å². The molecule has 1 aromatic carbocycles. The molecule has 1 N–H and O–H groups in total. The van der Waals surface area contributed by atoms with E-state index in [0.717, 1.165) is 11.1 Å². The van der Waals surface area contributed by atoms with E-state index in [1.165, 1.54) is 4.31 Å². The van der Waals surface area contributed by atoms with Gasteiger partial charge in [0.25, 0.3) is 0 Å². The molecular formula is C17H23N3O3S. The highest BCUT2D eigenvalue weighted by Gasteiger charge is 2.30. The van der Waals surface area contributed by atoms with Gasteiger partial charge in [0.05, 0.1) is 18.0 Å². The summed E-state index contributed by atoms with van der Waals surface area (Å²) in [6.07, 6.45) is 5.10. The molecule has 0 atom stereocenters. The van der Waals surface area contributed by atoms with Gasteiger partial charge in [-0.2, -0.15) is 4.31 Å². The number of hydrogen-bond acceptors (Lipinski definition) is 4. The molecule has 1 fully saturated rings. The second kappa shape index (κ2) is 7.79. The molecule has 130 valence electrons. The van der Waals surface area contributed by atoms with E-state index in [9.17, 15) is 13.2 Å². The molecule has 0 bridgehead atoms. The van der Waals surface area contributed by atoms with Crippen LogP contribution in [0, 0.1) is 26.2 Å². The molecule has 0 aliphatic carbocycles. The predicted octanol–water partition coefficient (Wildman–Crippen LogP) is 0.359. The van der Waals surface area contributed by atoms with Crippen LogP contribution in [0.15, 0.2) is 23.1 Å². The standard InChI is InChI=1S/C17H23N3O3S/c1-4-7-18-17(21)13-19-8-10-20(11-9-19)24(22,23)16-12-14(2)5-6-15(16)3/h1,5-6,12H,7-11,13H2,2-3H3,(H,18,21). The molecule has 1 aliphatic rings. The van der Waals surface area contributed by atoms with Crippen molar-refractivity contribution in [3.8, 4) is 12.3 Å². The van der Waals surface area contributed by atoms with Gasteiger partial charge in [-0.25, -0.2) is 8.42 Å². The first-order valence-corrected chi connectivity index (χ1v) is 9.28. The molecule has 1 saturated heterocycles. The van der Waals surface area contributed by atoms with Crippen molar-refractivity contribution < 1.29 is 13.2 Å². The van der Waals surface area contributed by atoms with Gasteiger partial charge in [-0.15, -0.1) is 6.42 Å². The fourth-order valence-corrected chi connectivity index (χ4v) is 4.39. The van der Waals surface area contributed by atoms with Gasteiger partial charge in [0.2, 0.25) is 15.9 Å². The Labute approximate surface area is 143 Å². The highest BCUT2D eigenvalue weighted by atomic mass is 32.2. The smallest absolute Gasteiger partial charge is 0.243 e. The summed E-state index contributed by atoms with van der Waals surface area (Å²) in [7, 11) is -3.50. The summed E-state index contributed by atoms with van der Waals surface area (Å²) in [5.74, 6) is 2.21. The van der Waals surface area contributed by atoms with Crippen LogP contribution in [0.25, 0.3) is 0 Å². The molecule has 1 aromatic rings. The van der Waals surface area contributed by atoms with Gasteiger partial charge >= 0.3 is 0 Å². The van der Waals surface area contributed by atoms with Gasteiger partial charge in [-0.05, 0) is 31.0 Å². The number of rotatable bonds is 5. The van der Waals surface area contributed by atoms with Crippen molar-refractivity contribution in [3.05, 3.63) is 29.3 Å². The fraction of sp³-hybridized carbons (Fsp3) is 0.471. The monoisotopic (exact) mass is 349 g/mol. The van der Waals surface area contributed by atoms with Gasteiger partial charge < -0.3 is 5.32 Å². The molecule has 0 aromatic heterocycles. The maximum atomic E-state index is 12.8. The number of aryl methyl sites for hydroxylation is 2. The number of carbonyl (C=O) groups excluding carboxylic acids is 1. The summed E-state index contributed by atoms with van der Waals surface area (Å²) in [5.41, 5.74) is 1.67. The number of amides is 1. The van der Waals surface area contributed by atoms with Crippen LogP contribution in [-0.2, 0) is 14.8 Å². The Bertz CT molecular complexity index is 745. The number of carbonyl (C=O) groups is 1. The number of nitrogens with zero attached hydrogens (tertiary/aromatic N) is 2. The van der Waals surface area contributed by atoms with Gasteiger partial charge in [0.15, 0.2) is 0 Å². The van der Waals surface area contributed by atoms with Crippen LogP contribution >= 0.6 is 0 Å². The first-order valence-electron chi connectivity index (χ1n) is 7.84. The zero-order valence-electron chi connectivity index (χ0n) is 14.1. The number of benzene rings is 1. The lowest BCUT2D eigenvalue weighted by Gasteiger charge is -2.33. The van der Waals surface area contributed by atoms with E-state index in [1.807, 2.05) is 24.0 Å². The molecule has 2 rings (SSSR count). The summed E-state index contributed by atoms with van der Waals surface area (Å²) in [4.78, 5) is 14.0. The van der Waals surface area contributed by atoms with Crippen molar-refractivity contribution >= 4 is 15.9 Å². The molecule has 0 radical (unpaired) electrons. The zero-order chi connectivity index (χ0) is 17.7. The van der Waals surface area contributed by atoms with Crippen molar-refractivity contribution in [3.63, 3.8) is 0 Å². The van der Waals surface area contributed by atoms with Crippen molar-refractivity contribution in [1.29, 1.82) is 0 Å². The van der Waals surface area contributed by atoms with E-state index in [2.05, 4.69) is 11.2 Å². The van der Waals surface area contributed by atoms with E-state index < -0.39 is 10.0 Å². The molecule has 7 heteroatoms. The van der Waals surface area contributed by atoms with Crippen molar-refractivity contribution in [2.45, 2.75) is 18.7 Å². The number of sulfonamides is 1. The van der Waals surface area contributed by atoms with Gasteiger partial charge in [0.1, 0.15) is 0 Å². The molecule has 0 spiro atoms. The fourth-order valence-electron chi connectivity index (χ4n) is 2.66. The van der Waals surface area contributed by atoms with Crippen LogP contribution in [-0.4, -0.2) is 62.8 Å². The molecular weight excluding hydrogens is 326 g/mol. The number of nitrogens with one attached hydrogen (secondary N) is 1. The Morgan fingerprint density at radius 1 is 1.25 bits per heavy atom. The predicted molar refractivity (Wildman–Crippen MR) is 93.0 cm³/mol. The van der Waals surface area contributed by atoms with Crippen molar-refractivity contribution in [2.75, 3.05) is 39.3 Å². The van der Waals surface area contributed by atoms with Crippen LogP contribution in [0.2, 0.25) is 0 Å². The summed E-state index contributed by atoms with van der Waals surface area (Å²) in [6, 6.07) is 5.44. The highest BCUT2D eigenvalue weighted by Crippen LogP contribution is 2.22. The zero-order valence-corrected chi connectivity index (χ0v) is 14.9. The molecule has 6 nitrogen and oxygen atoms in total. The number of hydrogen-bond donors (Lipinski definition) is 1. The first-order chi connectivity index (χ1) is 11.3. The average molecular weight is 349 g/mol. The Morgan fingerprint density at radius 2 is 1.92 bits per heavy atom. The van der Waals surface area contributed by atoms with Gasteiger partial charge in [-0.1, -0.05) is 18.1 Å². The van der Waals surface area contributed by atoms with Crippen molar-refractivity contribution in [2.24, 2.45) is 0 Å². The Hall–Kier alpha value is -1.88. The third kappa shape index (κ3) is 4.35. The largest absolute Gasteiger partial charge is 0.344 e. The summed E-state index contributed by atoms with van der Waals surface area (Å²) in [5, 5.41) is 2.61. The Kier molecular flexibility index (Phi) is 5.99. The van der Waals surface area contributed by atoms with E-state index >= 15 is 0 Å². The highest BCUT2D eigenvalue weighted by molar-refractivity contribution is 7.89. The van der Waals surface area contributed by atoms with E-state index in [1.54, 1.807) is 13.0 Å². The molecule has 24 heavy (non-hydrogen) atoms. The third-order valence-corrected chi connectivity index (χ3v) is 6.09. The minimum atomic E-state index is -3.50. The summed E-state index contributed by atoms with van der Waals surface area (Å²) < 4.78 is 27.2. The third-order valence-electron chi connectivity index (χ3n) is 4.05. The van der Waals surface area contributed by atoms with Gasteiger partial charge in [0, 0.05) is 26.2 Å². The molecule has 1 aliphatic heterocycles. The van der Waals surface area contributed by atoms with Crippen LogP contribution in [0.5, 0.6) is 0 Å². The van der Waals surface area contributed by atoms with Gasteiger partial charge in [-0.3, -0.25) is 9.69 Å². The molecule has 1 amide bonds. The SMILES string of the molecule is C#CCNC(=O)CN1CCN(S(=O)(=O)c2cc(C)ccc2C)CC1. The first kappa shape index (κ1) is 18.5. The van der Waals surface area contributed by atoms with Crippen LogP contribution in [0.3, 0.4) is 0 Å². The topological polar surface area (TPSA) is 69.7 Å². The lowest BCUT2D eigenvalue weighted by atomic mass is 10.2. The summed E-state index contributed by atoms with van der Waals surface area (Å²) in [6.45, 7) is 5.92. The lowest BCUT2D eigenvalue weighted by Crippen LogP contribution is -2.51. The summed E-state index contributed by atoms with van der Waals surface area (Å²) >= 11 is 0. The number of terminal acetylenes is 1. The molecule has 0 saturated carbocycles. The van der Waals surface area contributed by atoms with E-state index in [-0.39, 0.29) is 19.0 Å². The lowest BCUT2D eigenvalue weighted by molar-refractivity contribution is -0.122. The maximum absolute atomic E-state index is 12.8. The van der Waals surface area contributed by atoms with Crippen LogP contribution < -0.4 is 5.32 Å². The normalized spacial score (nSPS) is 16.5. The number of piperazine rings is 1. The quantitative estimate of drug-likeness (QED) is 0.780. The maximum Gasteiger partial charge on any atom is 0.243 e. The second-order valence-electron chi connectivity index (χ2n) is 5.93. The van der Waals surface area contributed by atoms with E-state index in [4.69, 9.17) is 6.42 Å². The molecule has 0 unspecified atom stereocenters. The minimum absolute atomic E-state index is 0.140. The van der Waals surface area contributed by atoms with Crippen LogP contribution in [0.4, 0.5) is 0 Å². The Balaban J connectivity index is 2.00. The van der Waals surface area contributed by atoms with Crippen molar-refractivity contribution in [1.82, 2.24) is 14.5 Å². The average Bonchev–Trinajstić information content (AvgIpc) is 2.55. The second-order valence-corrected chi connectivity index (χ2v) is 7.84. The molecule has 1 heterocycles. The minimum Gasteiger partial charge on any atom is -0.344 e. The Morgan fingerprint density at radius 3 is 2.54 bits per heavy atom. The van der Waals surface area contributed by atoms with E-state index in [0.29, 0.717) is 31.1 Å².